The minimum absolute atomic E-state index is 0.637. The van der Waals surface area contributed by atoms with Gasteiger partial charge in [0.25, 0.3) is 0 Å². The molecule has 0 spiro atoms. The summed E-state index contributed by atoms with van der Waals surface area (Å²) in [4.78, 5) is 15.3. The second kappa shape index (κ2) is 16.2. The van der Waals surface area contributed by atoms with Crippen LogP contribution < -0.4 is 0 Å². The summed E-state index contributed by atoms with van der Waals surface area (Å²) < 4.78 is 0. The molecule has 3 heteroatoms. The Balaban J connectivity index is 1.13. The molecule has 0 N–H and O–H groups in total. The fourth-order valence-electron chi connectivity index (χ4n) is 11.0. The number of fused-ring (bicyclic) bond motifs is 4. The molecule has 0 unspecified atom stereocenters. The highest BCUT2D eigenvalue weighted by molar-refractivity contribution is 6.05. The molecule has 1 aliphatic rings. The van der Waals surface area contributed by atoms with Gasteiger partial charge in [-0.25, -0.2) is 15.0 Å². The topological polar surface area (TPSA) is 38.7 Å². The van der Waals surface area contributed by atoms with Crippen LogP contribution in [-0.2, 0) is 10.8 Å². The van der Waals surface area contributed by atoms with E-state index in [1.807, 2.05) is 36.4 Å². The van der Waals surface area contributed by atoms with Gasteiger partial charge in [0.05, 0.1) is 10.8 Å². The maximum absolute atomic E-state index is 5.15. The monoisotopic (exact) mass is 841 g/mol. The molecule has 1 aliphatic carbocycles. The van der Waals surface area contributed by atoms with Crippen molar-refractivity contribution in [3.63, 3.8) is 0 Å². The lowest BCUT2D eigenvalue weighted by molar-refractivity contribution is 0.415. The van der Waals surface area contributed by atoms with Crippen molar-refractivity contribution in [2.45, 2.75) is 10.8 Å². The van der Waals surface area contributed by atoms with Gasteiger partial charge in [-0.2, -0.15) is 0 Å². The number of aromatic nitrogens is 3. The van der Waals surface area contributed by atoms with Crippen molar-refractivity contribution in [3.8, 4) is 56.4 Å². The lowest BCUT2D eigenvalue weighted by Gasteiger charge is -2.57. The van der Waals surface area contributed by atoms with E-state index in [4.69, 9.17) is 15.0 Å². The van der Waals surface area contributed by atoms with Crippen LogP contribution in [-0.4, -0.2) is 15.0 Å². The summed E-state index contributed by atoms with van der Waals surface area (Å²) in [7, 11) is 0. The molecular weight excluding hydrogens is 799 g/mol. The fourth-order valence-corrected chi connectivity index (χ4v) is 11.0. The van der Waals surface area contributed by atoms with Crippen LogP contribution in [0.25, 0.3) is 67.2 Å². The molecule has 1 aromatic heterocycles. The Morgan fingerprint density at radius 1 is 0.227 bits per heavy atom. The van der Waals surface area contributed by atoms with Crippen molar-refractivity contribution in [2.75, 3.05) is 0 Å². The normalized spacial score (nSPS) is 13.4. The van der Waals surface area contributed by atoms with Gasteiger partial charge >= 0.3 is 0 Å². The molecule has 3 nitrogen and oxygen atoms in total. The molecule has 310 valence electrons. The van der Waals surface area contributed by atoms with Gasteiger partial charge in [0.2, 0.25) is 0 Å². The second-order valence-electron chi connectivity index (χ2n) is 17.0. The Bertz CT molecular complexity index is 3370. The number of hydrogen-bond acceptors (Lipinski definition) is 3. The molecule has 11 aromatic rings. The number of nitrogens with zero attached hydrogens (tertiary/aromatic N) is 3. The van der Waals surface area contributed by atoms with Crippen LogP contribution in [0.1, 0.15) is 33.4 Å². The first-order valence-corrected chi connectivity index (χ1v) is 22.6. The fraction of sp³-hybridized carbons (Fsp3) is 0.0317. The van der Waals surface area contributed by atoms with Crippen LogP contribution in [0.15, 0.2) is 261 Å². The standard InChI is InChI=1S/C63H43N3/c1-7-23-44(24-8-1)59-64-60(45-25-9-2-10-26-45)66-61(65-59)55-41-40-51(52-35-19-20-36-53(52)55)46-39-42-58-56(43-46)54-37-21-22-38-57(54)62(47-27-11-3-12-28-47,48-29-13-4-14-30-48)63(58,49-31-15-5-16-32-49)50-33-17-6-18-34-50/h1-43H. The number of hydrogen-bond donors (Lipinski definition) is 0. The lowest BCUT2D eigenvalue weighted by Crippen LogP contribution is -2.54. The zero-order valence-corrected chi connectivity index (χ0v) is 36.2. The zero-order chi connectivity index (χ0) is 43.9. The summed E-state index contributed by atoms with van der Waals surface area (Å²) in [6.45, 7) is 0. The third kappa shape index (κ3) is 6.08. The molecule has 66 heavy (non-hydrogen) atoms. The van der Waals surface area contributed by atoms with Gasteiger partial charge < -0.3 is 0 Å². The van der Waals surface area contributed by atoms with Crippen LogP contribution in [0.2, 0.25) is 0 Å². The Hall–Kier alpha value is -8.53. The summed E-state index contributed by atoms with van der Waals surface area (Å²) in [6.07, 6.45) is 0. The van der Waals surface area contributed by atoms with Gasteiger partial charge in [-0.1, -0.05) is 249 Å². The average molecular weight is 842 g/mol. The third-order valence-electron chi connectivity index (χ3n) is 13.6. The number of benzene rings is 10. The quantitative estimate of drug-likeness (QED) is 0.153. The van der Waals surface area contributed by atoms with Gasteiger partial charge in [-0.15, -0.1) is 0 Å². The molecule has 0 fully saturated rings. The van der Waals surface area contributed by atoms with Crippen molar-refractivity contribution >= 4 is 10.8 Å². The van der Waals surface area contributed by atoms with Crippen LogP contribution in [0.3, 0.4) is 0 Å². The van der Waals surface area contributed by atoms with E-state index in [1.165, 1.54) is 44.5 Å². The SMILES string of the molecule is c1ccc(-c2nc(-c3ccccc3)nc(-c3ccc(-c4ccc5c(c4)-c4ccccc4C(c4ccccc4)(c4ccccc4)C5(c4ccccc4)c4ccccc4)c4ccccc34)n2)cc1. The highest BCUT2D eigenvalue weighted by Gasteiger charge is 2.61. The van der Waals surface area contributed by atoms with Crippen molar-refractivity contribution in [2.24, 2.45) is 0 Å². The molecule has 0 atom stereocenters. The summed E-state index contributed by atoms with van der Waals surface area (Å²) in [5.74, 6) is 1.92. The van der Waals surface area contributed by atoms with Crippen molar-refractivity contribution < 1.29 is 0 Å². The van der Waals surface area contributed by atoms with E-state index in [2.05, 4.69) is 224 Å². The van der Waals surface area contributed by atoms with Crippen molar-refractivity contribution in [3.05, 3.63) is 294 Å². The molecule has 1 heterocycles. The van der Waals surface area contributed by atoms with E-state index in [0.717, 1.165) is 38.6 Å². The summed E-state index contributed by atoms with van der Waals surface area (Å²) >= 11 is 0. The van der Waals surface area contributed by atoms with Crippen LogP contribution in [0.4, 0.5) is 0 Å². The summed E-state index contributed by atoms with van der Waals surface area (Å²) in [5, 5.41) is 2.20. The molecule has 12 rings (SSSR count). The van der Waals surface area contributed by atoms with Gasteiger partial charge in [-0.3, -0.25) is 0 Å². The maximum atomic E-state index is 5.15. The Morgan fingerprint density at radius 3 is 1.08 bits per heavy atom. The predicted molar refractivity (Wildman–Crippen MR) is 270 cm³/mol. The molecular formula is C63H43N3. The Morgan fingerprint density at radius 2 is 0.591 bits per heavy atom. The van der Waals surface area contributed by atoms with Crippen molar-refractivity contribution in [1.82, 2.24) is 15.0 Å². The second-order valence-corrected chi connectivity index (χ2v) is 17.0. The van der Waals surface area contributed by atoms with Crippen molar-refractivity contribution in [1.29, 1.82) is 0 Å². The van der Waals surface area contributed by atoms with Crippen LogP contribution >= 0.6 is 0 Å². The summed E-state index contributed by atoms with van der Waals surface area (Å²) in [5.41, 5.74) is 13.6. The van der Waals surface area contributed by atoms with Gasteiger partial charge in [0, 0.05) is 16.7 Å². The minimum Gasteiger partial charge on any atom is -0.208 e. The largest absolute Gasteiger partial charge is 0.208 e. The van der Waals surface area contributed by atoms with E-state index >= 15 is 0 Å². The van der Waals surface area contributed by atoms with E-state index < -0.39 is 10.8 Å². The van der Waals surface area contributed by atoms with E-state index in [-0.39, 0.29) is 0 Å². The molecule has 0 amide bonds. The lowest BCUT2D eigenvalue weighted by atomic mass is 9.43. The first-order valence-electron chi connectivity index (χ1n) is 22.6. The Labute approximate surface area is 385 Å². The Kier molecular flexibility index (Phi) is 9.61. The molecule has 0 radical (unpaired) electrons. The zero-order valence-electron chi connectivity index (χ0n) is 36.2. The number of rotatable bonds is 8. The highest BCUT2D eigenvalue weighted by atomic mass is 15.0. The predicted octanol–water partition coefficient (Wildman–Crippen LogP) is 15.0. The summed E-state index contributed by atoms with van der Waals surface area (Å²) in [6, 6.07) is 94.5. The smallest absolute Gasteiger partial charge is 0.164 e. The van der Waals surface area contributed by atoms with Crippen LogP contribution in [0, 0.1) is 0 Å². The van der Waals surface area contributed by atoms with Gasteiger partial charge in [0.15, 0.2) is 17.5 Å². The third-order valence-corrected chi connectivity index (χ3v) is 13.6. The highest BCUT2D eigenvalue weighted by Crippen LogP contribution is 2.65. The molecule has 10 aromatic carbocycles. The van der Waals surface area contributed by atoms with Crippen LogP contribution in [0.5, 0.6) is 0 Å². The molecule has 0 aliphatic heterocycles. The molecule has 0 bridgehead atoms. The van der Waals surface area contributed by atoms with E-state index in [1.54, 1.807) is 0 Å². The average Bonchev–Trinajstić information content (AvgIpc) is 3.41. The molecule has 0 saturated heterocycles. The first kappa shape index (κ1) is 39.1. The first-order chi connectivity index (χ1) is 32.7. The van der Waals surface area contributed by atoms with Gasteiger partial charge in [-0.05, 0) is 78.5 Å². The van der Waals surface area contributed by atoms with E-state index in [0.29, 0.717) is 17.5 Å². The maximum Gasteiger partial charge on any atom is 0.164 e. The molecule has 0 saturated carbocycles. The van der Waals surface area contributed by atoms with E-state index in [9.17, 15) is 0 Å². The minimum atomic E-state index is -0.710. The van der Waals surface area contributed by atoms with Gasteiger partial charge in [0.1, 0.15) is 0 Å².